The highest BCUT2D eigenvalue weighted by Crippen LogP contribution is 2.28. The Balaban J connectivity index is 1.45. The summed E-state index contributed by atoms with van der Waals surface area (Å²) in [6.07, 6.45) is -0.154. The maximum Gasteiger partial charge on any atom is 0.245 e. The van der Waals surface area contributed by atoms with Gasteiger partial charge in [0.1, 0.15) is 12.2 Å². The van der Waals surface area contributed by atoms with Crippen LogP contribution >= 0.6 is 0 Å². The lowest BCUT2D eigenvalue weighted by Crippen LogP contribution is -2.76. The molecule has 2 fully saturated rings. The molecule has 2 aliphatic heterocycles. The van der Waals surface area contributed by atoms with Crippen molar-refractivity contribution < 1.29 is 19.4 Å². The summed E-state index contributed by atoms with van der Waals surface area (Å²) in [5.41, 5.74) is 3.33. The first-order chi connectivity index (χ1) is 17.9. The van der Waals surface area contributed by atoms with Crippen molar-refractivity contribution in [2.45, 2.75) is 58.4 Å². The van der Waals surface area contributed by atoms with Gasteiger partial charge >= 0.3 is 0 Å². The molecular formula is C28H39N5O4. The standard InChI is InChI=1S/C28H39N5O4/c1-4-8-24-27(35)31(15-16-37-20-23-13-11-21(2)12-14-23)18-25-32(24)26(34)19-30(3)33(25)28(36)29-17-22-9-6-5-7-10-22/h5-7,9-14,24-25,28-29,36H,4,8,15-20H2,1-3H3/t24-,25-,28?/m0/s1. The van der Waals surface area contributed by atoms with Crippen LogP contribution in [0, 0.1) is 6.92 Å². The van der Waals surface area contributed by atoms with E-state index < -0.39 is 18.6 Å². The predicted molar refractivity (Wildman–Crippen MR) is 141 cm³/mol. The van der Waals surface area contributed by atoms with Gasteiger partial charge in [-0.2, -0.15) is 5.01 Å². The number of aryl methyl sites for hydroxylation is 1. The molecule has 1 unspecified atom stereocenters. The van der Waals surface area contributed by atoms with Gasteiger partial charge in [0.25, 0.3) is 0 Å². The lowest BCUT2D eigenvalue weighted by Gasteiger charge is -2.55. The molecule has 2 aliphatic rings. The average molecular weight is 510 g/mol. The van der Waals surface area contributed by atoms with Crippen LogP contribution in [0.1, 0.15) is 36.5 Å². The number of hydrogen-bond acceptors (Lipinski definition) is 7. The zero-order valence-corrected chi connectivity index (χ0v) is 22.0. The zero-order valence-electron chi connectivity index (χ0n) is 22.0. The minimum Gasteiger partial charge on any atom is -0.375 e. The van der Waals surface area contributed by atoms with Gasteiger partial charge in [0.2, 0.25) is 11.8 Å². The summed E-state index contributed by atoms with van der Waals surface area (Å²) in [5.74, 6) is -0.150. The summed E-state index contributed by atoms with van der Waals surface area (Å²) >= 11 is 0. The molecule has 2 saturated heterocycles. The van der Waals surface area contributed by atoms with Crippen LogP contribution in [0.15, 0.2) is 54.6 Å². The number of nitrogens with zero attached hydrogens (tertiary/aromatic N) is 4. The Kier molecular flexibility index (Phi) is 9.28. The number of ether oxygens (including phenoxy) is 1. The fourth-order valence-electron chi connectivity index (χ4n) is 5.09. The van der Waals surface area contributed by atoms with Crippen molar-refractivity contribution in [3.8, 4) is 0 Å². The van der Waals surface area contributed by atoms with Gasteiger partial charge in [-0.1, -0.05) is 73.5 Å². The van der Waals surface area contributed by atoms with Crippen LogP contribution in [-0.2, 0) is 27.5 Å². The van der Waals surface area contributed by atoms with Crippen molar-refractivity contribution in [2.75, 3.05) is 33.3 Å². The molecule has 2 N–H and O–H groups in total. The van der Waals surface area contributed by atoms with Crippen molar-refractivity contribution in [1.29, 1.82) is 0 Å². The predicted octanol–water partition coefficient (Wildman–Crippen LogP) is 1.91. The van der Waals surface area contributed by atoms with Gasteiger partial charge in [-0.15, -0.1) is 0 Å². The first kappa shape index (κ1) is 27.2. The van der Waals surface area contributed by atoms with Crippen LogP contribution in [-0.4, -0.2) is 88.6 Å². The maximum atomic E-state index is 13.5. The van der Waals surface area contributed by atoms with Crippen molar-refractivity contribution >= 4 is 11.8 Å². The molecule has 0 spiro atoms. The SMILES string of the molecule is CCC[C@H]1C(=O)N(CCOCc2ccc(C)cc2)C[C@H]2N1C(=O)CN(C)N2C(O)NCc1ccccc1. The van der Waals surface area contributed by atoms with E-state index >= 15 is 0 Å². The summed E-state index contributed by atoms with van der Waals surface area (Å²) in [4.78, 5) is 30.0. The second kappa shape index (κ2) is 12.6. The Labute approximate surface area is 219 Å². The molecule has 0 saturated carbocycles. The molecule has 2 aromatic rings. The van der Waals surface area contributed by atoms with E-state index in [0.717, 1.165) is 17.5 Å². The summed E-state index contributed by atoms with van der Waals surface area (Å²) < 4.78 is 5.89. The number of hydrazine groups is 1. The first-order valence-electron chi connectivity index (χ1n) is 13.1. The number of rotatable bonds is 11. The fourth-order valence-corrected chi connectivity index (χ4v) is 5.09. The molecule has 4 rings (SSSR count). The Morgan fingerprint density at radius 3 is 2.51 bits per heavy atom. The minimum absolute atomic E-state index is 0.0541. The maximum absolute atomic E-state index is 13.5. The third kappa shape index (κ3) is 6.55. The number of aliphatic hydroxyl groups is 1. The number of piperazine rings is 1. The smallest absolute Gasteiger partial charge is 0.245 e. The Bertz CT molecular complexity index is 1030. The second-order valence-corrected chi connectivity index (χ2v) is 9.84. The summed E-state index contributed by atoms with van der Waals surface area (Å²) in [5, 5.41) is 17.9. The molecule has 0 bridgehead atoms. The number of carbonyl (C=O) groups is 2. The number of likely N-dealkylation sites (N-methyl/N-ethyl adjacent to an activating group) is 1. The summed E-state index contributed by atoms with van der Waals surface area (Å²) in [6, 6.07) is 17.5. The molecule has 9 nitrogen and oxygen atoms in total. The lowest BCUT2D eigenvalue weighted by molar-refractivity contribution is -0.241. The Hall–Kier alpha value is -2.82. The topological polar surface area (TPSA) is 88.6 Å². The van der Waals surface area contributed by atoms with Crippen LogP contribution in [0.5, 0.6) is 0 Å². The Morgan fingerprint density at radius 1 is 1.08 bits per heavy atom. The molecule has 0 radical (unpaired) electrons. The third-order valence-corrected chi connectivity index (χ3v) is 7.03. The number of amides is 2. The quantitative estimate of drug-likeness (QED) is 0.353. The molecule has 2 aromatic carbocycles. The van der Waals surface area contributed by atoms with Crippen molar-refractivity contribution in [1.82, 2.24) is 25.1 Å². The van der Waals surface area contributed by atoms with Gasteiger partial charge in [-0.05, 0) is 24.5 Å². The second-order valence-electron chi connectivity index (χ2n) is 9.84. The summed E-state index contributed by atoms with van der Waals surface area (Å²) in [6.45, 7) is 6.24. The molecule has 37 heavy (non-hydrogen) atoms. The van der Waals surface area contributed by atoms with Crippen LogP contribution in [0.2, 0.25) is 0 Å². The molecule has 0 aromatic heterocycles. The van der Waals surface area contributed by atoms with E-state index in [1.807, 2.05) is 56.3 Å². The van der Waals surface area contributed by atoms with Crippen molar-refractivity contribution in [3.63, 3.8) is 0 Å². The average Bonchev–Trinajstić information content (AvgIpc) is 2.89. The van der Waals surface area contributed by atoms with Gasteiger partial charge in [-0.25, -0.2) is 5.01 Å². The molecule has 200 valence electrons. The molecule has 3 atom stereocenters. The van der Waals surface area contributed by atoms with E-state index in [2.05, 4.69) is 17.4 Å². The number of carbonyl (C=O) groups excluding carboxylic acids is 2. The fraction of sp³-hybridized carbons (Fsp3) is 0.500. The van der Waals surface area contributed by atoms with Crippen LogP contribution in [0.25, 0.3) is 0 Å². The van der Waals surface area contributed by atoms with E-state index in [1.165, 1.54) is 5.56 Å². The van der Waals surface area contributed by atoms with Crippen LogP contribution in [0.4, 0.5) is 0 Å². The molecule has 9 heteroatoms. The van der Waals surface area contributed by atoms with Crippen LogP contribution in [0.3, 0.4) is 0 Å². The number of benzene rings is 2. The van der Waals surface area contributed by atoms with E-state index in [1.54, 1.807) is 26.9 Å². The first-order valence-corrected chi connectivity index (χ1v) is 13.1. The van der Waals surface area contributed by atoms with Crippen molar-refractivity contribution in [3.05, 3.63) is 71.3 Å². The van der Waals surface area contributed by atoms with Crippen LogP contribution < -0.4 is 5.32 Å². The molecule has 2 amide bonds. The monoisotopic (exact) mass is 509 g/mol. The van der Waals surface area contributed by atoms with E-state index in [-0.39, 0.29) is 18.4 Å². The van der Waals surface area contributed by atoms with Crippen molar-refractivity contribution in [2.24, 2.45) is 0 Å². The highest BCUT2D eigenvalue weighted by molar-refractivity contribution is 5.90. The number of hydrogen-bond donors (Lipinski definition) is 2. The molecular weight excluding hydrogens is 470 g/mol. The van der Waals surface area contributed by atoms with Gasteiger partial charge in [0, 0.05) is 20.1 Å². The number of nitrogens with one attached hydrogen (secondary N) is 1. The highest BCUT2D eigenvalue weighted by Gasteiger charge is 2.50. The molecule has 2 heterocycles. The van der Waals surface area contributed by atoms with E-state index in [9.17, 15) is 14.7 Å². The van der Waals surface area contributed by atoms with Gasteiger partial charge in [-0.3, -0.25) is 14.9 Å². The Morgan fingerprint density at radius 2 is 1.81 bits per heavy atom. The van der Waals surface area contributed by atoms with E-state index in [0.29, 0.717) is 39.3 Å². The van der Waals surface area contributed by atoms with E-state index in [4.69, 9.17) is 4.74 Å². The molecule has 0 aliphatic carbocycles. The number of fused-ring (bicyclic) bond motifs is 1. The van der Waals surface area contributed by atoms with Gasteiger partial charge in [0.15, 0.2) is 6.35 Å². The van der Waals surface area contributed by atoms with Gasteiger partial charge in [0.05, 0.1) is 26.3 Å². The third-order valence-electron chi connectivity index (χ3n) is 7.03. The highest BCUT2D eigenvalue weighted by atomic mass is 16.5. The van der Waals surface area contributed by atoms with Gasteiger partial charge < -0.3 is 19.6 Å². The normalized spacial score (nSPS) is 21.8. The minimum atomic E-state index is -1.03. The largest absolute Gasteiger partial charge is 0.375 e. The number of aliphatic hydroxyl groups excluding tert-OH is 1. The lowest BCUT2D eigenvalue weighted by atomic mass is 10.0. The summed E-state index contributed by atoms with van der Waals surface area (Å²) in [7, 11) is 1.79. The zero-order chi connectivity index (χ0) is 26.4.